The van der Waals surface area contributed by atoms with Crippen molar-refractivity contribution < 1.29 is 4.74 Å². The van der Waals surface area contributed by atoms with Crippen LogP contribution in [-0.2, 0) is 4.74 Å². The molecule has 0 aromatic rings. The molecule has 0 saturated heterocycles. The minimum Gasteiger partial charge on any atom is -0.376 e. The molecule has 0 N–H and O–H groups in total. The zero-order chi connectivity index (χ0) is 17.6. The van der Waals surface area contributed by atoms with Crippen molar-refractivity contribution in [2.24, 2.45) is 0 Å². The number of hydrogen-bond acceptors (Lipinski definition) is 1. The summed E-state index contributed by atoms with van der Waals surface area (Å²) in [5.41, 5.74) is 3.11. The monoisotopic (exact) mass is 352 g/mol. The third-order valence-corrected chi connectivity index (χ3v) is 3.94. The second-order valence-electron chi connectivity index (χ2n) is 6.00. The Morgan fingerprint density at radius 2 is 1.54 bits per heavy atom. The molecule has 0 unspecified atom stereocenters. The Bertz CT molecular complexity index is 351. The minimum absolute atomic E-state index is 0.642. The van der Waals surface area contributed by atoms with Gasteiger partial charge in [0.25, 0.3) is 0 Å². The highest BCUT2D eigenvalue weighted by Crippen LogP contribution is 2.07. The minimum atomic E-state index is 0.642. The summed E-state index contributed by atoms with van der Waals surface area (Å²) in [5.74, 6) is 0.718. The summed E-state index contributed by atoms with van der Waals surface area (Å²) in [6.07, 6.45) is 26.5. The van der Waals surface area contributed by atoms with Crippen LogP contribution in [0.1, 0.15) is 77.6 Å². The lowest BCUT2D eigenvalue weighted by atomic mass is 10.1. The van der Waals surface area contributed by atoms with Gasteiger partial charge in [-0.3, -0.25) is 0 Å². The lowest BCUT2D eigenvalue weighted by molar-refractivity contribution is 0.167. The summed E-state index contributed by atoms with van der Waals surface area (Å²) in [5, 5.41) is 0. The molecule has 0 aliphatic rings. The topological polar surface area (TPSA) is 9.23 Å². The Labute approximate surface area is 155 Å². The van der Waals surface area contributed by atoms with Gasteiger partial charge in [-0.15, -0.1) is 17.3 Å². The van der Waals surface area contributed by atoms with Crippen LogP contribution in [0.4, 0.5) is 0 Å². The van der Waals surface area contributed by atoms with Crippen LogP contribution in [-0.4, -0.2) is 19.1 Å². The quantitative estimate of drug-likeness (QED) is 0.115. The van der Waals surface area contributed by atoms with Crippen molar-refractivity contribution >= 4 is 11.6 Å². The number of unbranched alkanes of at least 4 members (excludes halogenated alkanes) is 7. The van der Waals surface area contributed by atoms with E-state index in [4.69, 9.17) is 16.3 Å². The SMILES string of the molecule is CCCCCCCC/C=C\C/C=C\CCOCC=C=CCCCCl. The molecule has 0 radical (unpaired) electrons. The van der Waals surface area contributed by atoms with E-state index in [1.54, 1.807) is 0 Å². The largest absolute Gasteiger partial charge is 0.376 e. The highest BCUT2D eigenvalue weighted by Gasteiger charge is 1.87. The first kappa shape index (κ1) is 23.2. The van der Waals surface area contributed by atoms with Crippen LogP contribution in [0.15, 0.2) is 42.2 Å². The van der Waals surface area contributed by atoms with Crippen LogP contribution in [0.2, 0.25) is 0 Å². The summed E-state index contributed by atoms with van der Waals surface area (Å²) >= 11 is 5.59. The molecule has 0 aliphatic carbocycles. The number of ether oxygens (including phenoxy) is 1. The average molecular weight is 353 g/mol. The van der Waals surface area contributed by atoms with E-state index in [1.165, 1.54) is 44.9 Å². The van der Waals surface area contributed by atoms with E-state index in [0.29, 0.717) is 6.61 Å². The molecule has 0 bridgehead atoms. The Kier molecular flexibility index (Phi) is 21.6. The van der Waals surface area contributed by atoms with Gasteiger partial charge in [0.05, 0.1) is 13.2 Å². The Hall–Kier alpha value is -0.750. The fourth-order valence-electron chi connectivity index (χ4n) is 2.24. The Balaban J connectivity index is 3.28. The molecule has 0 heterocycles. The zero-order valence-corrected chi connectivity index (χ0v) is 16.4. The van der Waals surface area contributed by atoms with Crippen molar-refractivity contribution in [2.75, 3.05) is 19.1 Å². The Morgan fingerprint density at radius 1 is 0.792 bits per heavy atom. The van der Waals surface area contributed by atoms with Crippen molar-refractivity contribution in [1.29, 1.82) is 0 Å². The molecule has 0 amide bonds. The van der Waals surface area contributed by atoms with Crippen LogP contribution in [0, 0.1) is 0 Å². The number of halogens is 1. The molecule has 2 heteroatoms. The molecule has 0 rings (SSSR count). The van der Waals surface area contributed by atoms with Gasteiger partial charge in [0.2, 0.25) is 0 Å². The van der Waals surface area contributed by atoms with Crippen molar-refractivity contribution in [3.63, 3.8) is 0 Å². The van der Waals surface area contributed by atoms with Gasteiger partial charge in [-0.1, -0.05) is 63.3 Å². The fourth-order valence-corrected chi connectivity index (χ4v) is 2.39. The molecule has 0 saturated carbocycles. The highest BCUT2D eigenvalue weighted by atomic mass is 35.5. The maximum Gasteiger partial charge on any atom is 0.0721 e. The number of rotatable bonds is 17. The predicted octanol–water partition coefficient (Wildman–Crippen LogP) is 7.38. The first-order valence-electron chi connectivity index (χ1n) is 9.75. The third-order valence-electron chi connectivity index (χ3n) is 3.68. The van der Waals surface area contributed by atoms with E-state index in [-0.39, 0.29) is 0 Å². The van der Waals surface area contributed by atoms with E-state index in [9.17, 15) is 0 Å². The molecule has 0 aliphatic heterocycles. The molecule has 0 atom stereocenters. The first-order chi connectivity index (χ1) is 11.9. The third kappa shape index (κ3) is 21.2. The van der Waals surface area contributed by atoms with E-state index in [2.05, 4.69) is 37.0 Å². The molecule has 1 nitrogen and oxygen atoms in total. The van der Waals surface area contributed by atoms with Crippen LogP contribution < -0.4 is 0 Å². The van der Waals surface area contributed by atoms with Crippen LogP contribution >= 0.6 is 11.6 Å². The van der Waals surface area contributed by atoms with Crippen molar-refractivity contribution in [2.45, 2.75) is 77.6 Å². The van der Waals surface area contributed by atoms with Gasteiger partial charge in [0.1, 0.15) is 0 Å². The molecule has 0 spiro atoms. The van der Waals surface area contributed by atoms with Crippen LogP contribution in [0.25, 0.3) is 0 Å². The zero-order valence-electron chi connectivity index (χ0n) is 15.6. The van der Waals surface area contributed by atoms with E-state index < -0.39 is 0 Å². The molecule has 0 aromatic heterocycles. The molecule has 0 aromatic carbocycles. The van der Waals surface area contributed by atoms with Crippen molar-refractivity contribution in [1.82, 2.24) is 0 Å². The summed E-state index contributed by atoms with van der Waals surface area (Å²) in [7, 11) is 0. The lowest BCUT2D eigenvalue weighted by Gasteiger charge is -1.97. The normalized spacial score (nSPS) is 11.2. The van der Waals surface area contributed by atoms with Gasteiger partial charge in [-0.2, -0.15) is 0 Å². The van der Waals surface area contributed by atoms with Gasteiger partial charge in [0, 0.05) is 5.88 Å². The van der Waals surface area contributed by atoms with E-state index in [0.717, 1.165) is 38.2 Å². The van der Waals surface area contributed by atoms with Gasteiger partial charge in [0.15, 0.2) is 0 Å². The maximum atomic E-state index is 5.59. The molecule has 24 heavy (non-hydrogen) atoms. The summed E-state index contributed by atoms with van der Waals surface area (Å²) in [6.45, 7) is 3.68. The maximum absolute atomic E-state index is 5.59. The lowest BCUT2D eigenvalue weighted by Crippen LogP contribution is -1.91. The predicted molar refractivity (Wildman–Crippen MR) is 109 cm³/mol. The molecular formula is C22H37ClO. The fraction of sp³-hybridized carbons (Fsp3) is 0.682. The Morgan fingerprint density at radius 3 is 2.33 bits per heavy atom. The standard InChI is InChI=1S/C22H37ClO/c1-2-3-4-5-6-7-8-9-10-11-12-15-18-21-24-22-19-16-13-14-17-20-23/h9-10,12-13,15,19H,2-8,11,14,17-18,20-22H2,1H3/b10-9-,15-12-. The second kappa shape index (κ2) is 22.2. The smallest absolute Gasteiger partial charge is 0.0721 e. The average Bonchev–Trinajstić information content (AvgIpc) is 2.60. The van der Waals surface area contributed by atoms with E-state index in [1.807, 2.05) is 12.2 Å². The molecular weight excluding hydrogens is 316 g/mol. The van der Waals surface area contributed by atoms with Gasteiger partial charge in [-0.25, -0.2) is 0 Å². The van der Waals surface area contributed by atoms with Gasteiger partial charge < -0.3 is 4.74 Å². The van der Waals surface area contributed by atoms with Crippen LogP contribution in [0.3, 0.4) is 0 Å². The second-order valence-corrected chi connectivity index (χ2v) is 6.38. The van der Waals surface area contributed by atoms with Gasteiger partial charge >= 0.3 is 0 Å². The number of alkyl halides is 1. The first-order valence-corrected chi connectivity index (χ1v) is 10.3. The summed E-state index contributed by atoms with van der Waals surface area (Å²) in [6, 6.07) is 0. The van der Waals surface area contributed by atoms with Crippen LogP contribution in [0.5, 0.6) is 0 Å². The number of allylic oxidation sites excluding steroid dienone is 3. The molecule has 0 fully saturated rings. The highest BCUT2D eigenvalue weighted by molar-refractivity contribution is 6.17. The summed E-state index contributed by atoms with van der Waals surface area (Å²) < 4.78 is 5.51. The molecule has 138 valence electrons. The number of hydrogen-bond donors (Lipinski definition) is 0. The van der Waals surface area contributed by atoms with Crippen molar-refractivity contribution in [3.8, 4) is 0 Å². The van der Waals surface area contributed by atoms with E-state index >= 15 is 0 Å². The van der Waals surface area contributed by atoms with Crippen molar-refractivity contribution in [3.05, 3.63) is 42.2 Å². The van der Waals surface area contributed by atoms with Gasteiger partial charge in [-0.05, 0) is 50.7 Å². The summed E-state index contributed by atoms with van der Waals surface area (Å²) in [4.78, 5) is 0.